The van der Waals surface area contributed by atoms with E-state index in [9.17, 15) is 9.59 Å². The molecule has 0 saturated heterocycles. The lowest BCUT2D eigenvalue weighted by Gasteiger charge is -2.20. The van der Waals surface area contributed by atoms with Gasteiger partial charge < -0.3 is 9.64 Å². The highest BCUT2D eigenvalue weighted by atomic mass is 35.5. The van der Waals surface area contributed by atoms with Crippen molar-refractivity contribution in [3.63, 3.8) is 0 Å². The number of rotatable bonds is 7. The van der Waals surface area contributed by atoms with Crippen LogP contribution in [0.2, 0.25) is 5.15 Å². The first-order valence-corrected chi connectivity index (χ1v) is 9.70. The second-order valence-corrected chi connectivity index (χ2v) is 8.17. The molecule has 0 unspecified atom stereocenters. The molecule has 0 aliphatic rings. The summed E-state index contributed by atoms with van der Waals surface area (Å²) in [6.45, 7) is 8.19. The quantitative estimate of drug-likeness (QED) is 0.651. The minimum Gasteiger partial charge on any atom is -0.460 e. The third-order valence-electron chi connectivity index (χ3n) is 4.10. The molecule has 1 heterocycles. The maximum atomic E-state index is 12.8. The van der Waals surface area contributed by atoms with Crippen LogP contribution in [0.15, 0.2) is 30.3 Å². The van der Waals surface area contributed by atoms with Crippen LogP contribution >= 0.6 is 11.6 Å². The first-order chi connectivity index (χ1) is 13.1. The van der Waals surface area contributed by atoms with Gasteiger partial charge in [-0.2, -0.15) is 5.10 Å². The molecule has 1 amide bonds. The number of carbonyl (C=O) groups is 2. The van der Waals surface area contributed by atoms with Crippen molar-refractivity contribution in [2.75, 3.05) is 13.6 Å². The summed E-state index contributed by atoms with van der Waals surface area (Å²) in [5.41, 5.74) is 1.54. The van der Waals surface area contributed by atoms with Gasteiger partial charge in [0, 0.05) is 20.0 Å². The lowest BCUT2D eigenvalue weighted by Crippen LogP contribution is -2.29. The van der Waals surface area contributed by atoms with Crippen LogP contribution in [0.3, 0.4) is 0 Å². The molecule has 0 bridgehead atoms. The summed E-state index contributed by atoms with van der Waals surface area (Å²) in [7, 11) is 1.70. The fourth-order valence-corrected chi connectivity index (χ4v) is 3.12. The van der Waals surface area contributed by atoms with Crippen LogP contribution in [0.5, 0.6) is 0 Å². The molecule has 0 radical (unpaired) electrons. The number of halogens is 1. The zero-order valence-corrected chi connectivity index (χ0v) is 17.9. The third-order valence-corrected chi connectivity index (χ3v) is 4.48. The summed E-state index contributed by atoms with van der Waals surface area (Å²) in [6.07, 6.45) is 0.779. The number of esters is 1. The number of hydrogen-bond donors (Lipinski definition) is 0. The number of benzene rings is 1. The van der Waals surface area contributed by atoms with Crippen LogP contribution in [0.4, 0.5) is 0 Å². The third kappa shape index (κ3) is 6.09. The Balaban J connectivity index is 1.98. The van der Waals surface area contributed by atoms with Gasteiger partial charge in [0.25, 0.3) is 5.91 Å². The minimum absolute atomic E-state index is 0.203. The number of nitrogens with zero attached hydrogens (tertiary/aromatic N) is 3. The van der Waals surface area contributed by atoms with E-state index in [1.807, 2.05) is 51.1 Å². The van der Waals surface area contributed by atoms with Crippen LogP contribution in [-0.2, 0) is 16.1 Å². The van der Waals surface area contributed by atoms with E-state index in [1.54, 1.807) is 23.6 Å². The smallest absolute Gasteiger partial charge is 0.306 e. The van der Waals surface area contributed by atoms with Gasteiger partial charge in [-0.1, -0.05) is 41.9 Å². The molecule has 2 aromatic rings. The van der Waals surface area contributed by atoms with Crippen LogP contribution in [-0.4, -0.2) is 45.8 Å². The lowest BCUT2D eigenvalue weighted by molar-refractivity contribution is -0.154. The summed E-state index contributed by atoms with van der Waals surface area (Å²) in [5.74, 6) is -0.468. The molecule has 152 valence electrons. The van der Waals surface area contributed by atoms with Crippen LogP contribution < -0.4 is 0 Å². The molecule has 0 fully saturated rings. The van der Waals surface area contributed by atoms with Gasteiger partial charge in [-0.3, -0.25) is 9.59 Å². The average Bonchev–Trinajstić information content (AvgIpc) is 2.87. The number of ether oxygens (including phenoxy) is 1. The summed E-state index contributed by atoms with van der Waals surface area (Å²) in [6, 6.07) is 9.81. The zero-order valence-electron chi connectivity index (χ0n) is 17.2. The van der Waals surface area contributed by atoms with Gasteiger partial charge >= 0.3 is 5.97 Å². The molecular weight excluding hydrogens is 378 g/mol. The van der Waals surface area contributed by atoms with Crippen molar-refractivity contribution in [2.24, 2.45) is 0 Å². The largest absolute Gasteiger partial charge is 0.460 e. The van der Waals surface area contributed by atoms with Gasteiger partial charge in [0.05, 0.1) is 17.8 Å². The SMILES string of the molecule is Cc1nn(Cc2ccccc2)c(Cl)c1C(=O)N(C)CCCC(=O)OC(C)(C)C. The summed E-state index contributed by atoms with van der Waals surface area (Å²) in [4.78, 5) is 26.2. The van der Waals surface area contributed by atoms with Gasteiger partial charge in [-0.25, -0.2) is 4.68 Å². The molecular formula is C21H28ClN3O3. The van der Waals surface area contributed by atoms with Gasteiger partial charge in [0.15, 0.2) is 0 Å². The Kier molecular flexibility index (Phi) is 7.24. The lowest BCUT2D eigenvalue weighted by atomic mass is 10.2. The fourth-order valence-electron chi connectivity index (χ4n) is 2.80. The molecule has 0 aliphatic heterocycles. The highest BCUT2D eigenvalue weighted by molar-refractivity contribution is 6.33. The van der Waals surface area contributed by atoms with Crippen molar-refractivity contribution in [1.29, 1.82) is 0 Å². The van der Waals surface area contributed by atoms with E-state index in [2.05, 4.69) is 5.10 Å². The minimum atomic E-state index is -0.503. The van der Waals surface area contributed by atoms with E-state index in [1.165, 1.54) is 0 Å². The molecule has 0 atom stereocenters. The summed E-state index contributed by atoms with van der Waals surface area (Å²) in [5, 5.41) is 4.75. The molecule has 1 aromatic heterocycles. The molecule has 28 heavy (non-hydrogen) atoms. The maximum absolute atomic E-state index is 12.8. The normalized spacial score (nSPS) is 11.4. The molecule has 2 rings (SSSR count). The first-order valence-electron chi connectivity index (χ1n) is 9.32. The van der Waals surface area contributed by atoms with E-state index >= 15 is 0 Å². The van der Waals surface area contributed by atoms with Crippen molar-refractivity contribution < 1.29 is 14.3 Å². The van der Waals surface area contributed by atoms with Gasteiger partial charge in [-0.05, 0) is 39.7 Å². The van der Waals surface area contributed by atoms with Crippen LogP contribution in [0, 0.1) is 6.92 Å². The predicted molar refractivity (Wildman–Crippen MR) is 110 cm³/mol. The van der Waals surface area contributed by atoms with Gasteiger partial charge in [0.1, 0.15) is 10.8 Å². The number of aromatic nitrogens is 2. The summed E-state index contributed by atoms with van der Waals surface area (Å²) < 4.78 is 6.92. The van der Waals surface area contributed by atoms with E-state index in [0.717, 1.165) is 5.56 Å². The first kappa shape index (κ1) is 22.0. The number of amides is 1. The number of aryl methyl sites for hydroxylation is 1. The van der Waals surface area contributed by atoms with Crippen molar-refractivity contribution in [2.45, 2.75) is 52.7 Å². The highest BCUT2D eigenvalue weighted by Gasteiger charge is 2.23. The van der Waals surface area contributed by atoms with Crippen molar-refractivity contribution in [1.82, 2.24) is 14.7 Å². The maximum Gasteiger partial charge on any atom is 0.306 e. The Morgan fingerprint density at radius 1 is 1.21 bits per heavy atom. The van der Waals surface area contributed by atoms with E-state index < -0.39 is 5.60 Å². The van der Waals surface area contributed by atoms with Crippen LogP contribution in [0.1, 0.15) is 55.2 Å². The standard InChI is InChI=1S/C21H28ClN3O3/c1-15-18(19(22)25(23-15)14-16-10-7-6-8-11-16)20(27)24(5)13-9-12-17(26)28-21(2,3)4/h6-8,10-11H,9,12-14H2,1-5H3. The summed E-state index contributed by atoms with van der Waals surface area (Å²) >= 11 is 6.45. The Morgan fingerprint density at radius 2 is 1.86 bits per heavy atom. The molecule has 1 aromatic carbocycles. The van der Waals surface area contributed by atoms with Crippen molar-refractivity contribution in [3.8, 4) is 0 Å². The second kappa shape index (κ2) is 9.24. The zero-order chi connectivity index (χ0) is 20.9. The van der Waals surface area contributed by atoms with E-state index in [4.69, 9.17) is 16.3 Å². The monoisotopic (exact) mass is 405 g/mol. The number of carbonyl (C=O) groups excluding carboxylic acids is 2. The molecule has 0 N–H and O–H groups in total. The Morgan fingerprint density at radius 3 is 2.46 bits per heavy atom. The molecule has 6 nitrogen and oxygen atoms in total. The van der Waals surface area contributed by atoms with E-state index in [0.29, 0.717) is 35.9 Å². The molecule has 0 spiro atoms. The van der Waals surface area contributed by atoms with Crippen molar-refractivity contribution in [3.05, 3.63) is 52.3 Å². The molecule has 7 heteroatoms. The Bertz CT molecular complexity index is 825. The van der Waals surface area contributed by atoms with Crippen molar-refractivity contribution >= 4 is 23.5 Å². The van der Waals surface area contributed by atoms with Gasteiger partial charge in [-0.15, -0.1) is 0 Å². The second-order valence-electron chi connectivity index (χ2n) is 7.81. The van der Waals surface area contributed by atoms with Crippen LogP contribution in [0.25, 0.3) is 0 Å². The Hall–Kier alpha value is -2.34. The highest BCUT2D eigenvalue weighted by Crippen LogP contribution is 2.22. The predicted octanol–water partition coefficient (Wildman–Crippen LogP) is 4.09. The molecule has 0 saturated carbocycles. The molecule has 0 aliphatic carbocycles. The Labute approximate surface area is 171 Å². The fraction of sp³-hybridized carbons (Fsp3) is 0.476. The van der Waals surface area contributed by atoms with Gasteiger partial charge in [0.2, 0.25) is 0 Å². The average molecular weight is 406 g/mol. The number of hydrogen-bond acceptors (Lipinski definition) is 4. The topological polar surface area (TPSA) is 64.4 Å². The van der Waals surface area contributed by atoms with E-state index in [-0.39, 0.29) is 18.3 Å².